The van der Waals surface area contributed by atoms with Gasteiger partial charge >= 0.3 is 12.0 Å². The summed E-state index contributed by atoms with van der Waals surface area (Å²) in [6.07, 6.45) is 3.21. The Balaban J connectivity index is 2.50. The molecule has 0 aromatic carbocycles. The van der Waals surface area contributed by atoms with E-state index < -0.39 is 12.0 Å². The van der Waals surface area contributed by atoms with Crippen molar-refractivity contribution in [3.63, 3.8) is 0 Å². The van der Waals surface area contributed by atoms with E-state index in [-0.39, 0.29) is 13.1 Å². The summed E-state index contributed by atoms with van der Waals surface area (Å²) >= 11 is 1.49. The fraction of sp³-hybridized carbons (Fsp3) is 0.364. The molecule has 0 radical (unpaired) electrons. The molecule has 2 amide bonds. The number of hydrogen-bond donors (Lipinski definition) is 2. The number of carbonyl (C=O) groups is 2. The zero-order chi connectivity index (χ0) is 13.5. The van der Waals surface area contributed by atoms with Crippen LogP contribution in [0.4, 0.5) is 4.79 Å². The smallest absolute Gasteiger partial charge is 0.323 e. The average molecular weight is 269 g/mol. The highest BCUT2D eigenvalue weighted by molar-refractivity contribution is 7.11. The predicted octanol–water partition coefficient (Wildman–Crippen LogP) is 1.23. The van der Waals surface area contributed by atoms with Crippen LogP contribution in [0.15, 0.2) is 18.9 Å². The summed E-state index contributed by atoms with van der Waals surface area (Å²) in [6, 6.07) is -0.440. The monoisotopic (exact) mass is 269 g/mol. The number of carboxylic acid groups (broad SMARTS) is 1. The van der Waals surface area contributed by atoms with E-state index in [1.165, 1.54) is 17.4 Å². The van der Waals surface area contributed by atoms with E-state index in [2.05, 4.69) is 16.9 Å². The lowest BCUT2D eigenvalue weighted by Crippen LogP contribution is -2.42. The van der Waals surface area contributed by atoms with Crippen molar-refractivity contribution in [3.8, 4) is 0 Å². The quantitative estimate of drug-likeness (QED) is 0.761. The minimum atomic E-state index is -1.06. The Morgan fingerprint density at radius 1 is 1.67 bits per heavy atom. The van der Waals surface area contributed by atoms with E-state index in [9.17, 15) is 9.59 Å². The molecule has 18 heavy (non-hydrogen) atoms. The van der Waals surface area contributed by atoms with Crippen molar-refractivity contribution in [2.45, 2.75) is 13.5 Å². The van der Waals surface area contributed by atoms with Gasteiger partial charge < -0.3 is 15.3 Å². The number of aryl methyl sites for hydroxylation is 1. The first-order valence-corrected chi connectivity index (χ1v) is 6.11. The first-order valence-electron chi connectivity index (χ1n) is 5.29. The highest BCUT2D eigenvalue weighted by atomic mass is 32.1. The van der Waals surface area contributed by atoms with Crippen LogP contribution in [0.5, 0.6) is 0 Å². The number of rotatable bonds is 6. The second-order valence-electron chi connectivity index (χ2n) is 3.59. The SMILES string of the molecule is C=CCN(CC(=O)O)C(=O)NCc1ncc(C)s1. The zero-order valence-electron chi connectivity index (χ0n) is 10.0. The van der Waals surface area contributed by atoms with Crippen molar-refractivity contribution < 1.29 is 14.7 Å². The lowest BCUT2D eigenvalue weighted by molar-refractivity contribution is -0.137. The molecule has 0 atom stereocenters. The van der Waals surface area contributed by atoms with E-state index in [0.717, 1.165) is 14.8 Å². The molecule has 7 heteroatoms. The van der Waals surface area contributed by atoms with Gasteiger partial charge in [-0.1, -0.05) is 6.08 Å². The minimum Gasteiger partial charge on any atom is -0.480 e. The summed E-state index contributed by atoms with van der Waals surface area (Å²) in [5.74, 6) is -1.06. The Kier molecular flexibility index (Phi) is 5.31. The molecule has 1 rings (SSSR count). The van der Waals surface area contributed by atoms with Crippen LogP contribution >= 0.6 is 11.3 Å². The number of carboxylic acids is 1. The number of urea groups is 1. The summed E-state index contributed by atoms with van der Waals surface area (Å²) in [4.78, 5) is 28.7. The van der Waals surface area contributed by atoms with Gasteiger partial charge in [-0.15, -0.1) is 17.9 Å². The molecule has 0 saturated heterocycles. The van der Waals surface area contributed by atoms with Gasteiger partial charge in [0.15, 0.2) is 0 Å². The van der Waals surface area contributed by atoms with Crippen LogP contribution in [-0.4, -0.2) is 40.1 Å². The number of amides is 2. The van der Waals surface area contributed by atoms with Gasteiger partial charge in [-0.25, -0.2) is 9.78 Å². The Hall–Kier alpha value is -1.89. The van der Waals surface area contributed by atoms with Crippen molar-refractivity contribution in [1.29, 1.82) is 0 Å². The Morgan fingerprint density at radius 2 is 2.39 bits per heavy atom. The molecular weight excluding hydrogens is 254 g/mol. The molecule has 98 valence electrons. The molecule has 0 aliphatic carbocycles. The van der Waals surface area contributed by atoms with Gasteiger partial charge in [0, 0.05) is 17.6 Å². The normalized spacial score (nSPS) is 9.83. The lowest BCUT2D eigenvalue weighted by Gasteiger charge is -2.18. The first kappa shape index (κ1) is 14.2. The van der Waals surface area contributed by atoms with Crippen molar-refractivity contribution in [2.75, 3.05) is 13.1 Å². The Bertz CT molecular complexity index is 444. The highest BCUT2D eigenvalue weighted by Gasteiger charge is 2.15. The van der Waals surface area contributed by atoms with Crippen LogP contribution < -0.4 is 5.32 Å². The van der Waals surface area contributed by atoms with Crippen LogP contribution in [0.25, 0.3) is 0 Å². The maximum Gasteiger partial charge on any atom is 0.323 e. The van der Waals surface area contributed by atoms with Gasteiger partial charge in [0.25, 0.3) is 0 Å². The van der Waals surface area contributed by atoms with Gasteiger partial charge in [0.1, 0.15) is 11.6 Å². The molecule has 0 saturated carbocycles. The van der Waals surface area contributed by atoms with E-state index in [0.29, 0.717) is 6.54 Å². The summed E-state index contributed by atoms with van der Waals surface area (Å²) < 4.78 is 0. The van der Waals surface area contributed by atoms with Gasteiger partial charge in [0.05, 0.1) is 6.54 Å². The second kappa shape index (κ2) is 6.75. The molecule has 6 nitrogen and oxygen atoms in total. The Morgan fingerprint density at radius 3 is 2.89 bits per heavy atom. The molecule has 0 fully saturated rings. The molecule has 0 aliphatic heterocycles. The third-order valence-corrected chi connectivity index (χ3v) is 2.94. The van der Waals surface area contributed by atoms with Crippen molar-refractivity contribution in [2.24, 2.45) is 0 Å². The zero-order valence-corrected chi connectivity index (χ0v) is 10.9. The maximum absolute atomic E-state index is 11.7. The van der Waals surface area contributed by atoms with Crippen molar-refractivity contribution in [1.82, 2.24) is 15.2 Å². The van der Waals surface area contributed by atoms with Crippen LogP contribution in [-0.2, 0) is 11.3 Å². The number of carbonyl (C=O) groups excluding carboxylic acids is 1. The largest absolute Gasteiger partial charge is 0.480 e. The first-order chi connectivity index (χ1) is 8.52. The van der Waals surface area contributed by atoms with E-state index in [1.807, 2.05) is 6.92 Å². The standard InChI is InChI=1S/C11H15N3O3S/c1-3-4-14(7-10(15)16)11(17)13-6-9-12-5-8(2)18-9/h3,5H,1,4,6-7H2,2H3,(H,13,17)(H,15,16). The molecule has 0 aliphatic rings. The van der Waals surface area contributed by atoms with E-state index in [1.54, 1.807) is 6.20 Å². The van der Waals surface area contributed by atoms with Gasteiger partial charge in [-0.3, -0.25) is 4.79 Å². The molecule has 1 heterocycles. The number of aromatic nitrogens is 1. The summed E-state index contributed by atoms with van der Waals surface area (Å²) in [7, 11) is 0. The number of aliphatic carboxylic acids is 1. The molecule has 1 aromatic heterocycles. The number of thiazole rings is 1. The van der Waals surface area contributed by atoms with Gasteiger partial charge in [-0.05, 0) is 6.92 Å². The molecular formula is C11H15N3O3S. The van der Waals surface area contributed by atoms with E-state index >= 15 is 0 Å². The molecule has 1 aromatic rings. The molecule has 0 bridgehead atoms. The van der Waals surface area contributed by atoms with Crippen LogP contribution in [0, 0.1) is 6.92 Å². The maximum atomic E-state index is 11.7. The summed E-state index contributed by atoms with van der Waals surface area (Å²) in [5.41, 5.74) is 0. The fourth-order valence-electron chi connectivity index (χ4n) is 1.28. The van der Waals surface area contributed by atoms with Gasteiger partial charge in [0.2, 0.25) is 0 Å². The van der Waals surface area contributed by atoms with Crippen molar-refractivity contribution in [3.05, 3.63) is 28.7 Å². The highest BCUT2D eigenvalue weighted by Crippen LogP contribution is 2.10. The predicted molar refractivity (Wildman–Crippen MR) is 68.5 cm³/mol. The van der Waals surface area contributed by atoms with Crippen LogP contribution in [0.1, 0.15) is 9.88 Å². The molecule has 0 unspecified atom stereocenters. The van der Waals surface area contributed by atoms with Crippen LogP contribution in [0.2, 0.25) is 0 Å². The van der Waals surface area contributed by atoms with Crippen molar-refractivity contribution >= 4 is 23.3 Å². The number of nitrogens with zero attached hydrogens (tertiary/aromatic N) is 2. The number of hydrogen-bond acceptors (Lipinski definition) is 4. The van der Waals surface area contributed by atoms with E-state index in [4.69, 9.17) is 5.11 Å². The average Bonchev–Trinajstić information content (AvgIpc) is 2.71. The van der Waals surface area contributed by atoms with Crippen LogP contribution in [0.3, 0.4) is 0 Å². The lowest BCUT2D eigenvalue weighted by atomic mass is 10.5. The van der Waals surface area contributed by atoms with Gasteiger partial charge in [-0.2, -0.15) is 0 Å². The third kappa shape index (κ3) is 4.54. The third-order valence-electron chi connectivity index (χ3n) is 2.02. The fourth-order valence-corrected chi connectivity index (χ4v) is 2.01. The minimum absolute atomic E-state index is 0.190. The topological polar surface area (TPSA) is 82.5 Å². The molecule has 2 N–H and O–H groups in total. The second-order valence-corrected chi connectivity index (χ2v) is 4.91. The Labute approximate surface area is 109 Å². The number of nitrogens with one attached hydrogen (secondary N) is 1. The summed E-state index contributed by atoms with van der Waals surface area (Å²) in [6.45, 7) is 5.55. The molecule has 0 spiro atoms. The summed E-state index contributed by atoms with van der Waals surface area (Å²) in [5, 5.41) is 12.1.